The molecular formula is C23H31ClN2O2. The van der Waals surface area contributed by atoms with E-state index in [4.69, 9.17) is 4.74 Å². The molecule has 5 heteroatoms. The molecule has 1 saturated heterocycles. The Hall–Kier alpha value is -1.88. The van der Waals surface area contributed by atoms with Crippen molar-refractivity contribution < 1.29 is 9.53 Å². The average Bonchev–Trinajstić information content (AvgIpc) is 2.68. The van der Waals surface area contributed by atoms with Gasteiger partial charge in [-0.3, -0.25) is 9.69 Å². The van der Waals surface area contributed by atoms with Crippen LogP contribution in [0.5, 0.6) is 0 Å². The van der Waals surface area contributed by atoms with Crippen molar-refractivity contribution in [3.05, 3.63) is 65.7 Å². The second-order valence-electron chi connectivity index (χ2n) is 7.22. The van der Waals surface area contributed by atoms with Gasteiger partial charge >= 0.3 is 0 Å². The van der Waals surface area contributed by atoms with Gasteiger partial charge in [0.2, 0.25) is 5.91 Å². The topological polar surface area (TPSA) is 32.8 Å². The van der Waals surface area contributed by atoms with E-state index in [2.05, 4.69) is 48.2 Å². The molecule has 0 bridgehead atoms. The molecule has 1 amide bonds. The molecule has 0 aliphatic carbocycles. The molecule has 28 heavy (non-hydrogen) atoms. The first-order valence-electron chi connectivity index (χ1n) is 9.91. The molecule has 1 atom stereocenters. The summed E-state index contributed by atoms with van der Waals surface area (Å²) < 4.78 is 6.01. The Morgan fingerprint density at radius 3 is 2.57 bits per heavy atom. The normalized spacial score (nSPS) is 17.0. The van der Waals surface area contributed by atoms with Gasteiger partial charge in [0.1, 0.15) is 0 Å². The quantitative estimate of drug-likeness (QED) is 0.691. The van der Waals surface area contributed by atoms with Gasteiger partial charge in [-0.05, 0) is 23.6 Å². The fourth-order valence-corrected chi connectivity index (χ4v) is 3.73. The van der Waals surface area contributed by atoms with Crippen LogP contribution in [0.4, 0.5) is 5.69 Å². The van der Waals surface area contributed by atoms with Gasteiger partial charge in [0.05, 0.1) is 19.3 Å². The summed E-state index contributed by atoms with van der Waals surface area (Å²) in [5, 5.41) is 0. The molecule has 0 spiro atoms. The van der Waals surface area contributed by atoms with Crippen molar-refractivity contribution in [1.82, 2.24) is 4.90 Å². The molecule has 1 fully saturated rings. The van der Waals surface area contributed by atoms with Gasteiger partial charge in [-0.25, -0.2) is 0 Å². The largest absolute Gasteiger partial charge is 0.374 e. The van der Waals surface area contributed by atoms with Crippen molar-refractivity contribution in [2.45, 2.75) is 39.3 Å². The number of carbonyl (C=O) groups excluding carboxylic acids is 1. The lowest BCUT2D eigenvalue weighted by molar-refractivity contribution is -0.117. The fourth-order valence-electron chi connectivity index (χ4n) is 3.73. The first kappa shape index (κ1) is 22.4. The summed E-state index contributed by atoms with van der Waals surface area (Å²) in [5.74, 6) is 0.0716. The molecule has 1 aliphatic rings. The van der Waals surface area contributed by atoms with Crippen LogP contribution in [-0.2, 0) is 22.5 Å². The van der Waals surface area contributed by atoms with Crippen LogP contribution in [0.1, 0.15) is 31.4 Å². The van der Waals surface area contributed by atoms with Gasteiger partial charge in [-0.2, -0.15) is 0 Å². The summed E-state index contributed by atoms with van der Waals surface area (Å²) in [6.07, 6.45) is 2.07. The van der Waals surface area contributed by atoms with Gasteiger partial charge < -0.3 is 9.64 Å². The van der Waals surface area contributed by atoms with Crippen molar-refractivity contribution in [2.75, 3.05) is 31.1 Å². The highest BCUT2D eigenvalue weighted by molar-refractivity contribution is 5.92. The van der Waals surface area contributed by atoms with E-state index >= 15 is 0 Å². The number of benzene rings is 2. The SMILES string of the molecule is CCCc1ccccc1N(CC1CN(Cc2ccccc2)CCO1)C(C)=O.Cl. The Morgan fingerprint density at radius 1 is 1.14 bits per heavy atom. The molecular weight excluding hydrogens is 372 g/mol. The van der Waals surface area contributed by atoms with E-state index in [1.807, 2.05) is 23.1 Å². The zero-order chi connectivity index (χ0) is 19.1. The Labute approximate surface area is 174 Å². The number of rotatable bonds is 7. The number of amides is 1. The number of morpholine rings is 1. The van der Waals surface area contributed by atoms with Crippen molar-refractivity contribution in [2.24, 2.45) is 0 Å². The van der Waals surface area contributed by atoms with E-state index in [9.17, 15) is 4.79 Å². The third-order valence-electron chi connectivity index (χ3n) is 5.04. The number of hydrogen-bond donors (Lipinski definition) is 0. The molecule has 1 unspecified atom stereocenters. The Kier molecular flexibility index (Phi) is 8.97. The number of ether oxygens (including phenoxy) is 1. The second kappa shape index (κ2) is 11.2. The molecule has 0 aromatic heterocycles. The highest BCUT2D eigenvalue weighted by Crippen LogP contribution is 2.23. The van der Waals surface area contributed by atoms with Crippen molar-refractivity contribution in [1.29, 1.82) is 0 Å². The van der Waals surface area contributed by atoms with Gasteiger partial charge in [-0.1, -0.05) is 61.9 Å². The maximum atomic E-state index is 12.4. The van der Waals surface area contributed by atoms with Crippen molar-refractivity contribution in [3.63, 3.8) is 0 Å². The molecule has 1 heterocycles. The molecule has 0 radical (unpaired) electrons. The van der Waals surface area contributed by atoms with Crippen molar-refractivity contribution >= 4 is 24.0 Å². The maximum absolute atomic E-state index is 12.4. The number of halogens is 1. The highest BCUT2D eigenvalue weighted by atomic mass is 35.5. The van der Waals surface area contributed by atoms with Gasteiger partial charge in [0.25, 0.3) is 0 Å². The van der Waals surface area contributed by atoms with E-state index < -0.39 is 0 Å². The Bertz CT molecular complexity index is 738. The van der Waals surface area contributed by atoms with E-state index in [0.29, 0.717) is 13.2 Å². The Balaban J connectivity index is 0.00000280. The lowest BCUT2D eigenvalue weighted by Crippen LogP contribution is -2.48. The summed E-state index contributed by atoms with van der Waals surface area (Å²) in [5.41, 5.74) is 3.57. The smallest absolute Gasteiger partial charge is 0.223 e. The monoisotopic (exact) mass is 402 g/mol. The molecule has 3 rings (SSSR count). The van der Waals surface area contributed by atoms with Crippen molar-refractivity contribution in [3.8, 4) is 0 Å². The third kappa shape index (κ3) is 6.06. The van der Waals surface area contributed by atoms with Crippen LogP contribution in [0, 0.1) is 0 Å². The predicted molar refractivity (Wildman–Crippen MR) is 117 cm³/mol. The van der Waals surface area contributed by atoms with Gasteiger partial charge in [0, 0.05) is 32.2 Å². The zero-order valence-corrected chi connectivity index (χ0v) is 17.7. The highest BCUT2D eigenvalue weighted by Gasteiger charge is 2.25. The maximum Gasteiger partial charge on any atom is 0.223 e. The molecule has 1 aliphatic heterocycles. The molecule has 2 aromatic carbocycles. The number of carbonyl (C=O) groups is 1. The summed E-state index contributed by atoms with van der Waals surface area (Å²) >= 11 is 0. The molecule has 152 valence electrons. The van der Waals surface area contributed by atoms with E-state index in [1.54, 1.807) is 6.92 Å². The predicted octanol–water partition coefficient (Wildman–Crippen LogP) is 4.31. The second-order valence-corrected chi connectivity index (χ2v) is 7.22. The van der Waals surface area contributed by atoms with Crippen LogP contribution in [0.15, 0.2) is 54.6 Å². The minimum absolute atomic E-state index is 0. The average molecular weight is 403 g/mol. The standard InChI is InChI=1S/C23H30N2O2.ClH/c1-3-9-21-12-7-8-13-23(21)25(19(2)26)18-22-17-24(14-15-27-22)16-20-10-5-4-6-11-20;/h4-8,10-13,22H,3,9,14-18H2,1-2H3;1H. The molecule has 0 saturated carbocycles. The first-order valence-corrected chi connectivity index (χ1v) is 9.91. The third-order valence-corrected chi connectivity index (χ3v) is 5.04. The zero-order valence-electron chi connectivity index (χ0n) is 16.8. The first-order chi connectivity index (χ1) is 13.2. The van der Waals surface area contributed by atoms with E-state index in [1.165, 1.54) is 11.1 Å². The number of hydrogen-bond acceptors (Lipinski definition) is 3. The minimum Gasteiger partial charge on any atom is -0.374 e. The molecule has 4 nitrogen and oxygen atoms in total. The Morgan fingerprint density at radius 2 is 1.86 bits per heavy atom. The summed E-state index contributed by atoms with van der Waals surface area (Å²) in [4.78, 5) is 16.7. The fraction of sp³-hybridized carbons (Fsp3) is 0.435. The molecule has 0 N–H and O–H groups in total. The summed E-state index contributed by atoms with van der Waals surface area (Å²) in [6.45, 7) is 7.81. The van der Waals surface area contributed by atoms with Crippen LogP contribution in [0.2, 0.25) is 0 Å². The summed E-state index contributed by atoms with van der Waals surface area (Å²) in [6, 6.07) is 18.8. The summed E-state index contributed by atoms with van der Waals surface area (Å²) in [7, 11) is 0. The van der Waals surface area contributed by atoms with Crippen LogP contribution < -0.4 is 4.90 Å². The number of para-hydroxylation sites is 1. The lowest BCUT2D eigenvalue weighted by Gasteiger charge is -2.36. The van der Waals surface area contributed by atoms with Crippen LogP contribution in [0.25, 0.3) is 0 Å². The van der Waals surface area contributed by atoms with E-state index in [-0.39, 0.29) is 24.4 Å². The van der Waals surface area contributed by atoms with Crippen LogP contribution >= 0.6 is 12.4 Å². The van der Waals surface area contributed by atoms with E-state index in [0.717, 1.165) is 38.2 Å². The lowest BCUT2D eigenvalue weighted by atomic mass is 10.1. The minimum atomic E-state index is 0. The number of aryl methyl sites for hydroxylation is 1. The van der Waals surface area contributed by atoms with Crippen LogP contribution in [-0.4, -0.2) is 43.2 Å². The number of nitrogens with zero attached hydrogens (tertiary/aromatic N) is 2. The number of anilines is 1. The molecule has 2 aromatic rings. The van der Waals surface area contributed by atoms with Gasteiger partial charge in [0.15, 0.2) is 0 Å². The van der Waals surface area contributed by atoms with Gasteiger partial charge in [-0.15, -0.1) is 12.4 Å². The van der Waals surface area contributed by atoms with Crippen LogP contribution in [0.3, 0.4) is 0 Å².